The first kappa shape index (κ1) is 27.3. The Kier molecular flexibility index (Phi) is 8.25. The Bertz CT molecular complexity index is 860. The van der Waals surface area contributed by atoms with Gasteiger partial charge >= 0.3 is 6.18 Å². The standard InChI is InChI=1S/C22H32ClF5N2O4S/c23-15-2-1-3-16(25)20(15)21(31)29-13-6-9-18-17(10-13)30(11-19(34-18)22(26,27)28)35(32,33)14-7-4-12(24)5-8-14/h12-20H,1-11H2,(H,29,31). The molecule has 4 rings (SSSR count). The number of fused-ring (bicyclic) bond motifs is 1. The lowest BCUT2D eigenvalue weighted by Crippen LogP contribution is -2.64. The highest BCUT2D eigenvalue weighted by Crippen LogP contribution is 2.40. The Morgan fingerprint density at radius 1 is 1.00 bits per heavy atom. The molecule has 7 atom stereocenters. The summed E-state index contributed by atoms with van der Waals surface area (Å²) in [7, 11) is -4.17. The molecule has 13 heteroatoms. The van der Waals surface area contributed by atoms with Gasteiger partial charge in [0.25, 0.3) is 0 Å². The molecule has 1 amide bonds. The second-order valence-electron chi connectivity index (χ2n) is 10.3. The molecule has 4 aliphatic rings. The van der Waals surface area contributed by atoms with Crippen molar-refractivity contribution in [1.82, 2.24) is 9.62 Å². The number of nitrogens with zero attached hydrogens (tertiary/aromatic N) is 1. The Balaban J connectivity index is 1.51. The smallest absolute Gasteiger partial charge is 0.362 e. The molecule has 35 heavy (non-hydrogen) atoms. The topological polar surface area (TPSA) is 75.7 Å². The van der Waals surface area contributed by atoms with Gasteiger partial charge in [0.1, 0.15) is 12.3 Å². The zero-order valence-corrected chi connectivity index (χ0v) is 20.8. The minimum absolute atomic E-state index is 0.0474. The van der Waals surface area contributed by atoms with Crippen molar-refractivity contribution in [2.75, 3.05) is 6.54 Å². The van der Waals surface area contributed by atoms with Crippen LogP contribution in [0.1, 0.15) is 64.2 Å². The van der Waals surface area contributed by atoms with Gasteiger partial charge in [0.05, 0.1) is 23.3 Å². The molecular weight excluding hydrogens is 519 g/mol. The van der Waals surface area contributed by atoms with Gasteiger partial charge in [0.15, 0.2) is 6.10 Å². The number of alkyl halides is 6. The lowest BCUT2D eigenvalue weighted by molar-refractivity contribution is -0.259. The number of hydrogen-bond donors (Lipinski definition) is 1. The molecule has 0 radical (unpaired) electrons. The predicted octanol–water partition coefficient (Wildman–Crippen LogP) is 4.01. The molecule has 0 spiro atoms. The largest absolute Gasteiger partial charge is 0.415 e. The Morgan fingerprint density at radius 2 is 1.69 bits per heavy atom. The molecule has 1 heterocycles. The van der Waals surface area contributed by atoms with Crippen molar-refractivity contribution >= 4 is 27.5 Å². The monoisotopic (exact) mass is 550 g/mol. The summed E-state index contributed by atoms with van der Waals surface area (Å²) in [5, 5.41) is 1.16. The first-order chi connectivity index (χ1) is 16.4. The van der Waals surface area contributed by atoms with Crippen molar-refractivity contribution in [3.05, 3.63) is 0 Å². The van der Waals surface area contributed by atoms with Crippen LogP contribution in [-0.4, -0.2) is 78.6 Å². The number of carbonyl (C=O) groups is 1. The average molecular weight is 551 g/mol. The van der Waals surface area contributed by atoms with Crippen LogP contribution in [0.2, 0.25) is 0 Å². The first-order valence-electron chi connectivity index (χ1n) is 12.3. The predicted molar refractivity (Wildman–Crippen MR) is 119 cm³/mol. The highest BCUT2D eigenvalue weighted by atomic mass is 35.5. The Morgan fingerprint density at radius 3 is 2.31 bits per heavy atom. The average Bonchev–Trinajstić information content (AvgIpc) is 2.78. The van der Waals surface area contributed by atoms with Gasteiger partial charge in [-0.3, -0.25) is 4.79 Å². The molecule has 202 valence electrons. The first-order valence-corrected chi connectivity index (χ1v) is 14.3. The summed E-state index contributed by atoms with van der Waals surface area (Å²) >= 11 is 6.20. The summed E-state index contributed by atoms with van der Waals surface area (Å²) in [6.07, 6.45) is -8.52. The van der Waals surface area contributed by atoms with Gasteiger partial charge in [-0.25, -0.2) is 17.2 Å². The quantitative estimate of drug-likeness (QED) is 0.424. The van der Waals surface area contributed by atoms with E-state index in [1.807, 2.05) is 0 Å². The lowest BCUT2D eigenvalue weighted by atomic mass is 9.84. The van der Waals surface area contributed by atoms with E-state index in [1.165, 1.54) is 0 Å². The highest BCUT2D eigenvalue weighted by Gasteiger charge is 2.54. The summed E-state index contributed by atoms with van der Waals surface area (Å²) < 4.78 is 102. The van der Waals surface area contributed by atoms with Crippen LogP contribution in [0, 0.1) is 5.92 Å². The molecule has 0 aromatic heterocycles. The summed E-state index contributed by atoms with van der Waals surface area (Å²) in [6.45, 7) is -0.873. The van der Waals surface area contributed by atoms with Gasteiger partial charge in [-0.1, -0.05) is 0 Å². The molecule has 1 saturated heterocycles. The Hall–Kier alpha value is -0.720. The maximum atomic E-state index is 14.4. The number of hydrogen-bond acceptors (Lipinski definition) is 4. The number of amides is 1. The van der Waals surface area contributed by atoms with E-state index in [0.717, 1.165) is 4.31 Å². The fraction of sp³-hybridized carbons (Fsp3) is 0.955. The Labute approximate surface area is 207 Å². The SMILES string of the molecule is O=C(NC1CCC2OC(C(F)(F)F)CN(S(=O)(=O)C3CCC(F)CC3)C2C1)C1C(F)CCCC1Cl. The third-order valence-corrected chi connectivity index (χ3v) is 10.8. The number of ether oxygens (including phenoxy) is 1. The van der Waals surface area contributed by atoms with Crippen molar-refractivity contribution in [1.29, 1.82) is 0 Å². The molecule has 1 N–H and O–H groups in total. The summed E-state index contributed by atoms with van der Waals surface area (Å²) in [4.78, 5) is 12.8. The number of nitrogens with one attached hydrogen (secondary N) is 1. The second kappa shape index (κ2) is 10.6. The van der Waals surface area contributed by atoms with Crippen molar-refractivity contribution in [3.8, 4) is 0 Å². The van der Waals surface area contributed by atoms with E-state index < -0.39 is 81.8 Å². The molecule has 4 fully saturated rings. The van der Waals surface area contributed by atoms with E-state index >= 15 is 0 Å². The summed E-state index contributed by atoms with van der Waals surface area (Å²) in [5.74, 6) is -1.57. The normalized spacial score (nSPS) is 41.7. The number of rotatable bonds is 4. The van der Waals surface area contributed by atoms with E-state index in [2.05, 4.69) is 5.32 Å². The lowest BCUT2D eigenvalue weighted by Gasteiger charge is -2.49. The van der Waals surface area contributed by atoms with Gasteiger partial charge in [-0.2, -0.15) is 17.5 Å². The molecule has 3 aliphatic carbocycles. The van der Waals surface area contributed by atoms with Crippen LogP contribution < -0.4 is 5.32 Å². The molecule has 0 aromatic rings. The van der Waals surface area contributed by atoms with Crippen LogP contribution in [-0.2, 0) is 19.6 Å². The van der Waals surface area contributed by atoms with Crippen molar-refractivity contribution in [3.63, 3.8) is 0 Å². The summed E-state index contributed by atoms with van der Waals surface area (Å²) in [6, 6.07) is -1.45. The van der Waals surface area contributed by atoms with Crippen molar-refractivity contribution < 1.29 is 39.9 Å². The third-order valence-electron chi connectivity index (χ3n) is 7.91. The zero-order chi connectivity index (χ0) is 25.5. The second-order valence-corrected chi connectivity index (χ2v) is 13.0. The minimum Gasteiger partial charge on any atom is -0.362 e. The van der Waals surface area contributed by atoms with Crippen molar-refractivity contribution in [2.45, 2.75) is 118 Å². The molecule has 3 saturated carbocycles. The number of sulfonamides is 1. The van der Waals surface area contributed by atoms with Crippen LogP contribution >= 0.6 is 11.6 Å². The van der Waals surface area contributed by atoms with Crippen LogP contribution in [0.15, 0.2) is 0 Å². The van der Waals surface area contributed by atoms with E-state index in [1.54, 1.807) is 0 Å². The van der Waals surface area contributed by atoms with Gasteiger partial charge in [-0.05, 0) is 64.2 Å². The fourth-order valence-electron chi connectivity index (χ4n) is 5.97. The van der Waals surface area contributed by atoms with E-state index in [9.17, 15) is 35.2 Å². The van der Waals surface area contributed by atoms with Crippen LogP contribution in [0.5, 0.6) is 0 Å². The number of morpholine rings is 1. The number of carbonyl (C=O) groups excluding carboxylic acids is 1. The molecular formula is C22H32ClF5N2O4S. The molecule has 1 aliphatic heterocycles. The molecule has 6 nitrogen and oxygen atoms in total. The molecule has 0 aromatic carbocycles. The third kappa shape index (κ3) is 5.90. The molecule has 7 unspecified atom stereocenters. The maximum Gasteiger partial charge on any atom is 0.415 e. The van der Waals surface area contributed by atoms with Gasteiger partial charge in [-0.15, -0.1) is 11.6 Å². The molecule has 0 bridgehead atoms. The van der Waals surface area contributed by atoms with Crippen LogP contribution in [0.25, 0.3) is 0 Å². The van der Waals surface area contributed by atoms with Crippen LogP contribution in [0.3, 0.4) is 0 Å². The van der Waals surface area contributed by atoms with Crippen molar-refractivity contribution in [2.24, 2.45) is 5.92 Å². The fourth-order valence-corrected chi connectivity index (χ4v) is 8.59. The van der Waals surface area contributed by atoms with E-state index in [-0.39, 0.29) is 51.4 Å². The minimum atomic E-state index is -4.74. The number of halogens is 6. The van der Waals surface area contributed by atoms with Gasteiger partial charge in [0.2, 0.25) is 15.9 Å². The zero-order valence-electron chi connectivity index (χ0n) is 19.2. The van der Waals surface area contributed by atoms with Crippen LogP contribution in [0.4, 0.5) is 22.0 Å². The summed E-state index contributed by atoms with van der Waals surface area (Å²) in [5.41, 5.74) is 0. The highest BCUT2D eigenvalue weighted by molar-refractivity contribution is 7.89. The van der Waals surface area contributed by atoms with Gasteiger partial charge in [0, 0.05) is 18.0 Å². The van der Waals surface area contributed by atoms with Gasteiger partial charge < -0.3 is 10.1 Å². The maximum absolute atomic E-state index is 14.4. The van der Waals surface area contributed by atoms with E-state index in [4.69, 9.17) is 16.3 Å². The van der Waals surface area contributed by atoms with E-state index in [0.29, 0.717) is 12.8 Å².